The number of ketones is 2. The number of rotatable bonds is 5. The molecule has 0 saturated heterocycles. The second-order valence-corrected chi connectivity index (χ2v) is 5.03. The predicted octanol–water partition coefficient (Wildman–Crippen LogP) is 3.52. The van der Waals surface area contributed by atoms with Crippen LogP contribution in [0.15, 0.2) is 29.1 Å². The van der Waals surface area contributed by atoms with Gasteiger partial charge in [-0.2, -0.15) is 13.2 Å². The normalized spacial score (nSPS) is 11.3. The van der Waals surface area contributed by atoms with Crippen LogP contribution in [0.3, 0.4) is 0 Å². The number of hydrogen-bond donors (Lipinski definition) is 0. The number of ether oxygens (including phenoxy) is 1. The molecular weight excluding hydrogens is 319 g/mol. The van der Waals surface area contributed by atoms with Crippen molar-refractivity contribution in [3.63, 3.8) is 0 Å². The molecule has 22 heavy (non-hydrogen) atoms. The number of thiazole rings is 1. The van der Waals surface area contributed by atoms with Crippen LogP contribution in [0.4, 0.5) is 13.2 Å². The quantitative estimate of drug-likeness (QED) is 0.622. The highest BCUT2D eigenvalue weighted by molar-refractivity contribution is 7.07. The molecule has 0 spiro atoms. The zero-order chi connectivity index (χ0) is 16.3. The van der Waals surface area contributed by atoms with Gasteiger partial charge in [0, 0.05) is 16.5 Å². The van der Waals surface area contributed by atoms with Gasteiger partial charge in [-0.05, 0) is 12.1 Å². The van der Waals surface area contributed by atoms with Crippen molar-refractivity contribution in [3.05, 3.63) is 34.7 Å². The molecule has 0 N–H and O–H groups in total. The second-order valence-electron chi connectivity index (χ2n) is 4.31. The van der Waals surface area contributed by atoms with E-state index in [0.717, 1.165) is 0 Å². The SMILES string of the molecule is COc1cc(C(=O)CC(=O)C(F)(F)F)ccc1-c1cscn1. The molecule has 1 heterocycles. The summed E-state index contributed by atoms with van der Waals surface area (Å²) in [5.74, 6) is -2.68. The maximum Gasteiger partial charge on any atom is 0.450 e. The van der Waals surface area contributed by atoms with Crippen LogP contribution in [-0.4, -0.2) is 29.8 Å². The van der Waals surface area contributed by atoms with Crippen LogP contribution >= 0.6 is 11.3 Å². The summed E-state index contributed by atoms with van der Waals surface area (Å²) in [4.78, 5) is 26.7. The van der Waals surface area contributed by atoms with Crippen LogP contribution in [0.25, 0.3) is 11.3 Å². The van der Waals surface area contributed by atoms with E-state index < -0.39 is 24.2 Å². The fourth-order valence-corrected chi connectivity index (χ4v) is 2.32. The molecule has 8 heteroatoms. The van der Waals surface area contributed by atoms with Crippen molar-refractivity contribution >= 4 is 22.9 Å². The Morgan fingerprint density at radius 1 is 1.32 bits per heavy atom. The van der Waals surface area contributed by atoms with Gasteiger partial charge in [-0.15, -0.1) is 11.3 Å². The van der Waals surface area contributed by atoms with Crippen molar-refractivity contribution in [1.82, 2.24) is 4.98 Å². The van der Waals surface area contributed by atoms with Gasteiger partial charge in [-0.3, -0.25) is 9.59 Å². The summed E-state index contributed by atoms with van der Waals surface area (Å²) in [7, 11) is 1.38. The van der Waals surface area contributed by atoms with Crippen molar-refractivity contribution < 1.29 is 27.5 Å². The van der Waals surface area contributed by atoms with E-state index in [-0.39, 0.29) is 5.56 Å². The van der Waals surface area contributed by atoms with E-state index in [1.807, 2.05) is 0 Å². The molecule has 0 unspecified atom stereocenters. The lowest BCUT2D eigenvalue weighted by molar-refractivity contribution is -0.170. The number of methoxy groups -OCH3 is 1. The van der Waals surface area contributed by atoms with Gasteiger partial charge in [0.15, 0.2) is 5.78 Å². The first-order chi connectivity index (χ1) is 10.3. The Morgan fingerprint density at radius 2 is 2.05 bits per heavy atom. The molecule has 2 rings (SSSR count). The highest BCUT2D eigenvalue weighted by Gasteiger charge is 2.39. The molecule has 1 aromatic heterocycles. The highest BCUT2D eigenvalue weighted by Crippen LogP contribution is 2.31. The third kappa shape index (κ3) is 3.51. The van der Waals surface area contributed by atoms with E-state index in [9.17, 15) is 22.8 Å². The van der Waals surface area contributed by atoms with Gasteiger partial charge in [0.05, 0.1) is 24.7 Å². The summed E-state index contributed by atoms with van der Waals surface area (Å²) in [6.45, 7) is 0. The first-order valence-corrected chi connectivity index (χ1v) is 6.97. The number of alkyl halides is 3. The Balaban J connectivity index is 2.26. The first kappa shape index (κ1) is 16.2. The summed E-state index contributed by atoms with van der Waals surface area (Å²) in [6.07, 6.45) is -6.23. The van der Waals surface area contributed by atoms with Crippen LogP contribution in [0, 0.1) is 0 Å². The predicted molar refractivity (Wildman–Crippen MR) is 74.1 cm³/mol. The number of hydrogen-bond acceptors (Lipinski definition) is 5. The molecular formula is C14H10F3NO3S. The summed E-state index contributed by atoms with van der Waals surface area (Å²) >= 11 is 1.37. The van der Waals surface area contributed by atoms with Gasteiger partial charge in [0.2, 0.25) is 5.78 Å². The third-order valence-corrected chi connectivity index (χ3v) is 3.46. The van der Waals surface area contributed by atoms with Gasteiger partial charge in [-0.1, -0.05) is 6.07 Å². The summed E-state index contributed by atoms with van der Waals surface area (Å²) in [5, 5.41) is 1.77. The molecule has 0 aliphatic carbocycles. The highest BCUT2D eigenvalue weighted by atomic mass is 32.1. The second kappa shape index (κ2) is 6.27. The van der Waals surface area contributed by atoms with Crippen LogP contribution in [0.2, 0.25) is 0 Å². The first-order valence-electron chi connectivity index (χ1n) is 6.02. The van der Waals surface area contributed by atoms with E-state index in [4.69, 9.17) is 4.74 Å². The van der Waals surface area contributed by atoms with E-state index in [0.29, 0.717) is 17.0 Å². The zero-order valence-corrected chi connectivity index (χ0v) is 12.1. The minimum atomic E-state index is -5.01. The number of nitrogens with zero attached hydrogens (tertiary/aromatic N) is 1. The van der Waals surface area contributed by atoms with Crippen molar-refractivity contribution in [2.24, 2.45) is 0 Å². The van der Waals surface area contributed by atoms with Crippen LogP contribution in [-0.2, 0) is 4.79 Å². The van der Waals surface area contributed by atoms with Gasteiger partial charge in [-0.25, -0.2) is 4.98 Å². The van der Waals surface area contributed by atoms with Gasteiger partial charge in [0.1, 0.15) is 5.75 Å². The van der Waals surface area contributed by atoms with Crippen molar-refractivity contribution in [1.29, 1.82) is 0 Å². The summed E-state index contributed by atoms with van der Waals surface area (Å²) in [6, 6.07) is 4.18. The van der Waals surface area contributed by atoms with Crippen molar-refractivity contribution in [2.75, 3.05) is 7.11 Å². The van der Waals surface area contributed by atoms with Gasteiger partial charge < -0.3 is 4.74 Å². The number of benzene rings is 1. The molecule has 0 aliphatic rings. The molecule has 0 aliphatic heterocycles. The molecule has 2 aromatic rings. The Hall–Kier alpha value is -2.22. The number of Topliss-reactive ketones (excluding diaryl/α,β-unsaturated/α-hetero) is 2. The average Bonchev–Trinajstić information content (AvgIpc) is 2.99. The van der Waals surface area contributed by atoms with E-state index in [1.165, 1.54) is 36.6 Å². The van der Waals surface area contributed by atoms with Crippen LogP contribution in [0.1, 0.15) is 16.8 Å². The maximum absolute atomic E-state index is 12.2. The van der Waals surface area contributed by atoms with Crippen molar-refractivity contribution in [3.8, 4) is 17.0 Å². The molecule has 0 fully saturated rings. The molecule has 0 atom stereocenters. The average molecular weight is 329 g/mol. The maximum atomic E-state index is 12.2. The number of carbonyl (C=O) groups excluding carboxylic acids is 2. The summed E-state index contributed by atoms with van der Waals surface area (Å²) < 4.78 is 41.7. The zero-order valence-electron chi connectivity index (χ0n) is 11.3. The van der Waals surface area contributed by atoms with E-state index in [2.05, 4.69) is 4.98 Å². The van der Waals surface area contributed by atoms with E-state index in [1.54, 1.807) is 10.9 Å². The monoisotopic (exact) mass is 329 g/mol. The number of halogens is 3. The van der Waals surface area contributed by atoms with Gasteiger partial charge >= 0.3 is 6.18 Å². The molecule has 1 aromatic carbocycles. The Labute approximate surface area is 127 Å². The fraction of sp³-hybridized carbons (Fsp3) is 0.214. The standard InChI is InChI=1S/C14H10F3NO3S/c1-21-12-4-8(11(19)5-13(20)14(15,16)17)2-3-9(12)10-6-22-7-18-10/h2-4,6-7H,5H2,1H3. The minimum absolute atomic E-state index is 0.0200. The Kier molecular flexibility index (Phi) is 4.60. The lowest BCUT2D eigenvalue weighted by atomic mass is 10.0. The molecule has 0 saturated carbocycles. The van der Waals surface area contributed by atoms with Crippen LogP contribution in [0.5, 0.6) is 5.75 Å². The number of carbonyl (C=O) groups is 2. The Bertz CT molecular complexity index is 696. The number of aromatic nitrogens is 1. The molecule has 0 bridgehead atoms. The third-order valence-electron chi connectivity index (χ3n) is 2.87. The van der Waals surface area contributed by atoms with E-state index >= 15 is 0 Å². The molecule has 0 amide bonds. The lowest BCUT2D eigenvalue weighted by Gasteiger charge is -2.09. The smallest absolute Gasteiger partial charge is 0.450 e. The van der Waals surface area contributed by atoms with Crippen LogP contribution < -0.4 is 4.74 Å². The lowest BCUT2D eigenvalue weighted by Crippen LogP contribution is -2.25. The summed E-state index contributed by atoms with van der Waals surface area (Å²) in [5.41, 5.74) is 2.85. The fourth-order valence-electron chi connectivity index (χ4n) is 1.77. The van der Waals surface area contributed by atoms with Gasteiger partial charge in [0.25, 0.3) is 0 Å². The molecule has 116 valence electrons. The Morgan fingerprint density at radius 3 is 2.59 bits per heavy atom. The largest absolute Gasteiger partial charge is 0.496 e. The molecule has 0 radical (unpaired) electrons. The molecule has 4 nitrogen and oxygen atoms in total. The topological polar surface area (TPSA) is 56.3 Å². The minimum Gasteiger partial charge on any atom is -0.496 e. The van der Waals surface area contributed by atoms with Crippen molar-refractivity contribution in [2.45, 2.75) is 12.6 Å².